The second kappa shape index (κ2) is 8.05. The van der Waals surface area contributed by atoms with Crippen molar-refractivity contribution in [3.63, 3.8) is 0 Å². The summed E-state index contributed by atoms with van der Waals surface area (Å²) in [5, 5.41) is 2.80. The first kappa shape index (κ1) is 18.0. The fraction of sp³-hybridized carbons (Fsp3) is 0.368. The number of rotatable bonds is 5. The molecule has 7 heteroatoms. The lowest BCUT2D eigenvalue weighted by Crippen LogP contribution is -2.46. The first-order valence-corrected chi connectivity index (χ1v) is 8.78. The van der Waals surface area contributed by atoms with E-state index in [1.807, 2.05) is 0 Å². The summed E-state index contributed by atoms with van der Waals surface area (Å²) in [6.45, 7) is 8.47. The molecule has 1 aromatic heterocycles. The average Bonchev–Trinajstić information content (AvgIpc) is 2.68. The number of nitrogens with zero attached hydrogens (tertiary/aromatic N) is 4. The summed E-state index contributed by atoms with van der Waals surface area (Å²) in [7, 11) is 0. The van der Waals surface area contributed by atoms with E-state index in [1.54, 1.807) is 30.3 Å². The molecule has 1 saturated heterocycles. The lowest BCUT2D eigenvalue weighted by atomic mass is 10.1. The third-order valence-corrected chi connectivity index (χ3v) is 4.58. The van der Waals surface area contributed by atoms with Gasteiger partial charge in [0.15, 0.2) is 5.78 Å². The minimum Gasteiger partial charge on any atom is -0.354 e. The van der Waals surface area contributed by atoms with Gasteiger partial charge in [0.2, 0.25) is 0 Å². The van der Waals surface area contributed by atoms with Crippen LogP contribution >= 0.6 is 0 Å². The Morgan fingerprint density at radius 1 is 1.08 bits per heavy atom. The van der Waals surface area contributed by atoms with E-state index < -0.39 is 0 Å². The van der Waals surface area contributed by atoms with Gasteiger partial charge in [0.1, 0.15) is 17.8 Å². The Balaban J connectivity index is 1.67. The summed E-state index contributed by atoms with van der Waals surface area (Å²) in [6.07, 6.45) is 1.43. The predicted molar refractivity (Wildman–Crippen MR) is 101 cm³/mol. The van der Waals surface area contributed by atoms with Crippen LogP contribution in [0.3, 0.4) is 0 Å². The van der Waals surface area contributed by atoms with E-state index in [9.17, 15) is 9.59 Å². The molecule has 0 atom stereocenters. The lowest BCUT2D eigenvalue weighted by Gasteiger charge is -2.34. The van der Waals surface area contributed by atoms with Gasteiger partial charge < -0.3 is 15.1 Å². The molecule has 0 bridgehead atoms. The van der Waals surface area contributed by atoms with Crippen molar-refractivity contribution < 1.29 is 9.59 Å². The molecule has 2 aromatic rings. The number of likely N-dealkylation sites (N-methyl/N-ethyl adjacent to an activating group) is 1. The molecule has 0 unspecified atom stereocenters. The minimum atomic E-state index is -0.295. The van der Waals surface area contributed by atoms with Gasteiger partial charge in [-0.1, -0.05) is 6.92 Å². The van der Waals surface area contributed by atoms with Crippen LogP contribution in [0.15, 0.2) is 36.7 Å². The molecule has 1 fully saturated rings. The van der Waals surface area contributed by atoms with Crippen LogP contribution in [-0.4, -0.2) is 59.3 Å². The zero-order chi connectivity index (χ0) is 18.5. The number of carbonyl (C=O) groups is 2. The van der Waals surface area contributed by atoms with Gasteiger partial charge in [-0.2, -0.15) is 0 Å². The molecule has 1 aliphatic rings. The molecule has 3 rings (SSSR count). The van der Waals surface area contributed by atoms with Crippen LogP contribution in [-0.2, 0) is 0 Å². The Labute approximate surface area is 153 Å². The Bertz CT molecular complexity index is 783. The molecule has 0 spiro atoms. The number of hydrogen-bond donors (Lipinski definition) is 1. The Hall–Kier alpha value is -2.80. The molecule has 0 saturated carbocycles. The summed E-state index contributed by atoms with van der Waals surface area (Å²) in [4.78, 5) is 36.8. The van der Waals surface area contributed by atoms with Crippen molar-refractivity contribution in [3.8, 4) is 0 Å². The van der Waals surface area contributed by atoms with Crippen LogP contribution in [0.5, 0.6) is 0 Å². The van der Waals surface area contributed by atoms with E-state index in [-0.39, 0.29) is 11.7 Å². The lowest BCUT2D eigenvalue weighted by molar-refractivity contribution is 0.101. The quantitative estimate of drug-likeness (QED) is 0.829. The third kappa shape index (κ3) is 4.23. The van der Waals surface area contributed by atoms with Gasteiger partial charge in [-0.3, -0.25) is 9.59 Å². The maximum absolute atomic E-state index is 12.5. The predicted octanol–water partition coefficient (Wildman–Crippen LogP) is 2.07. The second-order valence-corrected chi connectivity index (χ2v) is 6.27. The van der Waals surface area contributed by atoms with Crippen LogP contribution in [0, 0.1) is 0 Å². The van der Waals surface area contributed by atoms with Crippen molar-refractivity contribution >= 4 is 23.2 Å². The number of piperazine rings is 1. The zero-order valence-corrected chi connectivity index (χ0v) is 15.1. The highest BCUT2D eigenvalue weighted by atomic mass is 16.2. The maximum atomic E-state index is 12.5. The van der Waals surface area contributed by atoms with Gasteiger partial charge in [-0.25, -0.2) is 9.97 Å². The highest BCUT2D eigenvalue weighted by molar-refractivity contribution is 6.03. The summed E-state index contributed by atoms with van der Waals surface area (Å²) in [5.41, 5.74) is 1.55. The maximum Gasteiger partial charge on any atom is 0.274 e. The topological polar surface area (TPSA) is 78.4 Å². The van der Waals surface area contributed by atoms with Gasteiger partial charge in [0.25, 0.3) is 5.91 Å². The van der Waals surface area contributed by atoms with Crippen molar-refractivity contribution in [1.29, 1.82) is 0 Å². The molecule has 1 N–H and O–H groups in total. The van der Waals surface area contributed by atoms with Crippen molar-refractivity contribution in [2.75, 3.05) is 42.9 Å². The Morgan fingerprint density at radius 2 is 1.77 bits per heavy atom. The zero-order valence-electron chi connectivity index (χ0n) is 15.1. The number of Topliss-reactive ketones (excluding diaryl/α,β-unsaturated/α-hetero) is 1. The highest BCUT2D eigenvalue weighted by Gasteiger charge is 2.18. The number of carbonyl (C=O) groups excluding carboxylic acids is 2. The van der Waals surface area contributed by atoms with E-state index in [2.05, 4.69) is 32.0 Å². The van der Waals surface area contributed by atoms with E-state index in [0.717, 1.165) is 38.5 Å². The summed E-state index contributed by atoms with van der Waals surface area (Å²) < 4.78 is 0. The molecular weight excluding hydrogens is 330 g/mol. The number of nitrogens with one attached hydrogen (secondary N) is 1. The van der Waals surface area contributed by atoms with Gasteiger partial charge in [0.05, 0.1) is 0 Å². The number of benzene rings is 1. The third-order valence-electron chi connectivity index (χ3n) is 4.58. The molecule has 2 heterocycles. The summed E-state index contributed by atoms with van der Waals surface area (Å²) in [6, 6.07) is 8.52. The monoisotopic (exact) mass is 353 g/mol. The molecule has 0 radical (unpaired) electrons. The van der Waals surface area contributed by atoms with Crippen molar-refractivity contribution in [2.24, 2.45) is 0 Å². The van der Waals surface area contributed by atoms with Crippen molar-refractivity contribution in [3.05, 3.63) is 47.9 Å². The molecule has 1 amide bonds. The first-order chi connectivity index (χ1) is 12.6. The molecule has 1 aliphatic heterocycles. The SMILES string of the molecule is CCN1CCN(c2cc(C(=O)Nc3ccc(C(C)=O)cc3)ncn2)CC1. The minimum absolute atomic E-state index is 0.00788. The van der Waals surface area contributed by atoms with E-state index >= 15 is 0 Å². The molecule has 136 valence electrons. The fourth-order valence-corrected chi connectivity index (χ4v) is 2.92. The molecular formula is C19H23N5O2. The Morgan fingerprint density at radius 3 is 2.38 bits per heavy atom. The fourth-order valence-electron chi connectivity index (χ4n) is 2.92. The number of anilines is 2. The van der Waals surface area contributed by atoms with Crippen molar-refractivity contribution in [1.82, 2.24) is 14.9 Å². The van der Waals surface area contributed by atoms with Crippen LogP contribution in [0.4, 0.5) is 11.5 Å². The number of aromatic nitrogens is 2. The smallest absolute Gasteiger partial charge is 0.274 e. The largest absolute Gasteiger partial charge is 0.354 e. The van der Waals surface area contributed by atoms with Crippen LogP contribution in [0.1, 0.15) is 34.7 Å². The standard InChI is InChI=1S/C19H23N5O2/c1-3-23-8-10-24(11-9-23)18-12-17(20-13-21-18)19(26)22-16-6-4-15(5-7-16)14(2)25/h4-7,12-13H,3,8-11H2,1-2H3,(H,22,26). The second-order valence-electron chi connectivity index (χ2n) is 6.27. The van der Waals surface area contributed by atoms with Gasteiger partial charge >= 0.3 is 0 Å². The molecule has 1 aromatic carbocycles. The normalized spacial score (nSPS) is 14.9. The van der Waals surface area contributed by atoms with E-state index in [4.69, 9.17) is 0 Å². The van der Waals surface area contributed by atoms with E-state index in [0.29, 0.717) is 16.9 Å². The summed E-state index contributed by atoms with van der Waals surface area (Å²) in [5.74, 6) is 0.468. The van der Waals surface area contributed by atoms with Gasteiger partial charge in [-0.05, 0) is 37.7 Å². The molecule has 7 nitrogen and oxygen atoms in total. The van der Waals surface area contributed by atoms with Crippen LogP contribution in [0.25, 0.3) is 0 Å². The Kier molecular flexibility index (Phi) is 5.58. The number of amides is 1. The highest BCUT2D eigenvalue weighted by Crippen LogP contribution is 2.16. The summed E-state index contributed by atoms with van der Waals surface area (Å²) >= 11 is 0. The van der Waals surface area contributed by atoms with Crippen molar-refractivity contribution in [2.45, 2.75) is 13.8 Å². The van der Waals surface area contributed by atoms with E-state index in [1.165, 1.54) is 13.3 Å². The molecule has 0 aliphatic carbocycles. The van der Waals surface area contributed by atoms with Crippen LogP contribution < -0.4 is 10.2 Å². The number of hydrogen-bond acceptors (Lipinski definition) is 6. The van der Waals surface area contributed by atoms with Gasteiger partial charge in [-0.15, -0.1) is 0 Å². The first-order valence-electron chi connectivity index (χ1n) is 8.78. The van der Waals surface area contributed by atoms with Crippen LogP contribution in [0.2, 0.25) is 0 Å². The number of ketones is 1. The molecule has 26 heavy (non-hydrogen) atoms. The average molecular weight is 353 g/mol. The van der Waals surface area contributed by atoms with Gasteiger partial charge in [0, 0.05) is 43.5 Å².